The van der Waals surface area contributed by atoms with Crippen LogP contribution in [-0.2, 0) is 9.47 Å². The maximum Gasteiger partial charge on any atom is 0.172 e. The predicted molar refractivity (Wildman–Crippen MR) is 53.5 cm³/mol. The summed E-state index contributed by atoms with van der Waals surface area (Å²) in [5.74, 6) is -0.0834. The molecule has 0 aliphatic heterocycles. The third kappa shape index (κ3) is 4.87. The molecule has 0 aliphatic carbocycles. The second kappa shape index (κ2) is 7.73. The number of hydrogen-bond donors (Lipinski definition) is 1. The molecule has 0 spiro atoms. The zero-order chi connectivity index (χ0) is 9.40. The number of hydrogen-bond acceptors (Lipinski definition) is 3. The highest BCUT2D eigenvalue weighted by Crippen LogP contribution is 2.03. The summed E-state index contributed by atoms with van der Waals surface area (Å²) in [4.78, 5) is 0. The first kappa shape index (κ1) is 12.1. The molecule has 74 valence electrons. The molecule has 0 amide bonds. The van der Waals surface area contributed by atoms with Crippen LogP contribution in [0.5, 0.6) is 0 Å². The second-order valence-electron chi connectivity index (χ2n) is 2.73. The van der Waals surface area contributed by atoms with Crippen molar-refractivity contribution >= 4 is 8.96 Å². The van der Waals surface area contributed by atoms with Crippen LogP contribution < -0.4 is 5.40 Å². The van der Waals surface area contributed by atoms with Gasteiger partial charge >= 0.3 is 0 Å². The van der Waals surface area contributed by atoms with Gasteiger partial charge in [0.2, 0.25) is 0 Å². The summed E-state index contributed by atoms with van der Waals surface area (Å²) in [5, 5.41) is 5.99. The Morgan fingerprint density at radius 3 is 2.00 bits per heavy atom. The van der Waals surface area contributed by atoms with Gasteiger partial charge in [-0.2, -0.15) is 0 Å². The summed E-state index contributed by atoms with van der Waals surface area (Å²) >= 11 is 0. The highest BCUT2D eigenvalue weighted by atomic mass is 28.3. The Kier molecular flexibility index (Phi) is 7.79. The first-order valence-corrected chi connectivity index (χ1v) is 6.89. The van der Waals surface area contributed by atoms with Crippen LogP contribution in [0.1, 0.15) is 27.2 Å². The Morgan fingerprint density at radius 1 is 1.17 bits per heavy atom. The minimum absolute atomic E-state index is 0.0834. The van der Waals surface area contributed by atoms with Gasteiger partial charge in [-0.3, -0.25) is 0 Å². The number of nitrogens with two attached hydrogens (primary N) is 1. The molecule has 0 radical (unpaired) electrons. The van der Waals surface area contributed by atoms with Crippen LogP contribution in [0.15, 0.2) is 0 Å². The zero-order valence-electron chi connectivity index (χ0n) is 8.38. The first-order valence-electron chi connectivity index (χ1n) is 4.74. The minimum Gasteiger partial charge on any atom is -0.355 e. The second-order valence-corrected chi connectivity index (χ2v) is 5.18. The van der Waals surface area contributed by atoms with Gasteiger partial charge in [-0.05, 0) is 19.9 Å². The minimum atomic E-state index is -1.30. The zero-order valence-corrected chi connectivity index (χ0v) is 9.53. The lowest BCUT2D eigenvalue weighted by molar-refractivity contribution is -0.0858. The van der Waals surface area contributed by atoms with Crippen LogP contribution in [0.3, 0.4) is 0 Å². The molecule has 0 bridgehead atoms. The third-order valence-electron chi connectivity index (χ3n) is 1.63. The molecule has 0 heterocycles. The van der Waals surface area contributed by atoms with Crippen molar-refractivity contribution < 1.29 is 9.47 Å². The lowest BCUT2D eigenvalue weighted by atomic mass is 10.6. The van der Waals surface area contributed by atoms with Crippen molar-refractivity contribution in [2.24, 2.45) is 5.40 Å². The molecule has 1 atom stereocenters. The normalized spacial score (nSPS) is 13.8. The molecule has 0 aromatic rings. The van der Waals surface area contributed by atoms with E-state index in [1.807, 2.05) is 13.8 Å². The molecule has 12 heavy (non-hydrogen) atoms. The Morgan fingerprint density at radius 2 is 1.67 bits per heavy atom. The van der Waals surface area contributed by atoms with Crippen molar-refractivity contribution in [3.05, 3.63) is 0 Å². The van der Waals surface area contributed by atoms with Gasteiger partial charge in [0.15, 0.2) is 14.9 Å². The van der Waals surface area contributed by atoms with Crippen LogP contribution in [0.25, 0.3) is 0 Å². The summed E-state index contributed by atoms with van der Waals surface area (Å²) in [6.45, 7) is 7.46. The average Bonchev–Trinajstić information content (AvgIpc) is 2.04. The van der Waals surface area contributed by atoms with E-state index in [9.17, 15) is 0 Å². The fourth-order valence-electron chi connectivity index (χ4n) is 1.09. The Bertz CT molecular complexity index is 97.1. The molecule has 0 fully saturated rings. The third-order valence-corrected chi connectivity index (χ3v) is 3.96. The molecule has 1 unspecified atom stereocenters. The summed E-state index contributed by atoms with van der Waals surface area (Å²) in [6.07, 6.45) is 1.13. The van der Waals surface area contributed by atoms with E-state index in [4.69, 9.17) is 14.9 Å². The Labute approximate surface area is 76.9 Å². The SMILES string of the molecule is CCC[SiH](N)C(OCC)OCC. The van der Waals surface area contributed by atoms with Crippen LogP contribution in [0.4, 0.5) is 0 Å². The maximum atomic E-state index is 5.99. The summed E-state index contributed by atoms with van der Waals surface area (Å²) in [6, 6.07) is 1.09. The summed E-state index contributed by atoms with van der Waals surface area (Å²) in [5.41, 5.74) is 0. The fourth-order valence-corrected chi connectivity index (χ4v) is 2.91. The molecule has 2 N–H and O–H groups in total. The smallest absolute Gasteiger partial charge is 0.172 e. The van der Waals surface area contributed by atoms with Gasteiger partial charge in [0.05, 0.1) is 0 Å². The van der Waals surface area contributed by atoms with Crippen molar-refractivity contribution in [2.75, 3.05) is 13.2 Å². The molecule has 0 saturated heterocycles. The molecule has 0 aromatic heterocycles. The van der Waals surface area contributed by atoms with E-state index in [0.29, 0.717) is 13.2 Å². The number of rotatable bonds is 7. The van der Waals surface area contributed by atoms with Crippen molar-refractivity contribution in [3.8, 4) is 0 Å². The maximum absolute atomic E-state index is 5.99. The largest absolute Gasteiger partial charge is 0.355 e. The van der Waals surface area contributed by atoms with E-state index in [-0.39, 0.29) is 5.91 Å². The lowest BCUT2D eigenvalue weighted by Gasteiger charge is -2.21. The van der Waals surface area contributed by atoms with Gasteiger partial charge in [-0.15, -0.1) is 0 Å². The predicted octanol–water partition coefficient (Wildman–Crippen LogP) is 1.02. The van der Waals surface area contributed by atoms with E-state index in [1.165, 1.54) is 0 Å². The highest BCUT2D eigenvalue weighted by molar-refractivity contribution is 6.56. The summed E-state index contributed by atoms with van der Waals surface area (Å²) in [7, 11) is -1.30. The van der Waals surface area contributed by atoms with E-state index in [2.05, 4.69) is 6.92 Å². The van der Waals surface area contributed by atoms with Gasteiger partial charge < -0.3 is 14.9 Å². The molecule has 0 rings (SSSR count). The van der Waals surface area contributed by atoms with Gasteiger partial charge in [0, 0.05) is 13.2 Å². The average molecular weight is 191 g/mol. The molecule has 0 aromatic carbocycles. The van der Waals surface area contributed by atoms with E-state index in [0.717, 1.165) is 12.5 Å². The molecular weight excluding hydrogens is 170 g/mol. The first-order chi connectivity index (χ1) is 5.76. The molecular formula is C8H21NO2Si. The Balaban J connectivity index is 3.72. The highest BCUT2D eigenvalue weighted by Gasteiger charge is 2.18. The van der Waals surface area contributed by atoms with E-state index >= 15 is 0 Å². The lowest BCUT2D eigenvalue weighted by Crippen LogP contribution is -2.43. The summed E-state index contributed by atoms with van der Waals surface area (Å²) < 4.78 is 10.8. The fraction of sp³-hybridized carbons (Fsp3) is 1.00. The molecule has 0 saturated carbocycles. The van der Waals surface area contributed by atoms with Gasteiger partial charge in [-0.25, -0.2) is 0 Å². The van der Waals surface area contributed by atoms with Crippen molar-refractivity contribution in [3.63, 3.8) is 0 Å². The molecule has 3 nitrogen and oxygen atoms in total. The van der Waals surface area contributed by atoms with Gasteiger partial charge in [0.25, 0.3) is 0 Å². The van der Waals surface area contributed by atoms with E-state index in [1.54, 1.807) is 0 Å². The monoisotopic (exact) mass is 191 g/mol. The van der Waals surface area contributed by atoms with Crippen LogP contribution in [0, 0.1) is 0 Å². The van der Waals surface area contributed by atoms with Crippen molar-refractivity contribution in [1.82, 2.24) is 0 Å². The van der Waals surface area contributed by atoms with Crippen molar-refractivity contribution in [2.45, 2.75) is 39.1 Å². The van der Waals surface area contributed by atoms with Crippen LogP contribution >= 0.6 is 0 Å². The van der Waals surface area contributed by atoms with Gasteiger partial charge in [0.1, 0.15) is 0 Å². The van der Waals surface area contributed by atoms with Crippen molar-refractivity contribution in [1.29, 1.82) is 0 Å². The topological polar surface area (TPSA) is 44.5 Å². The quantitative estimate of drug-likeness (QED) is 0.482. The number of ether oxygens (including phenoxy) is 2. The Hall–Kier alpha value is 0.0969. The molecule has 0 aliphatic rings. The van der Waals surface area contributed by atoms with Gasteiger partial charge in [-0.1, -0.05) is 13.3 Å². The van der Waals surface area contributed by atoms with Crippen LogP contribution in [-0.4, -0.2) is 28.1 Å². The van der Waals surface area contributed by atoms with E-state index < -0.39 is 8.96 Å². The molecule has 4 heteroatoms. The van der Waals surface area contributed by atoms with Crippen LogP contribution in [0.2, 0.25) is 6.04 Å². The standard InChI is InChI=1S/C8H21NO2Si/c1-4-7-12(9)8(10-5-2)11-6-3/h8,12H,4-7,9H2,1-3H3.